The molecular weight excluding hydrogens is 328 g/mol. The van der Waals surface area contributed by atoms with Gasteiger partial charge in [-0.2, -0.15) is 4.37 Å². The number of aromatic nitrogens is 2. The molecule has 0 saturated carbocycles. The molecule has 0 radical (unpaired) electrons. The number of nitrogen functional groups attached to an aromatic ring is 1. The molecule has 2 aromatic rings. The van der Waals surface area contributed by atoms with Gasteiger partial charge in [0.25, 0.3) is 0 Å². The Bertz CT molecular complexity index is 721. The minimum Gasteiger partial charge on any atom is -0.382 e. The Morgan fingerprint density at radius 2 is 2.14 bits per heavy atom. The molecule has 0 aliphatic rings. The molecule has 2 aromatic heterocycles. The van der Waals surface area contributed by atoms with E-state index in [-0.39, 0.29) is 16.5 Å². The van der Waals surface area contributed by atoms with Gasteiger partial charge in [-0.1, -0.05) is 6.92 Å². The molecule has 2 heterocycles. The van der Waals surface area contributed by atoms with Crippen LogP contribution >= 0.6 is 22.9 Å². The summed E-state index contributed by atoms with van der Waals surface area (Å²) < 4.78 is 28.7. The van der Waals surface area contributed by atoms with Crippen molar-refractivity contribution >= 4 is 43.5 Å². The zero-order chi connectivity index (χ0) is 15.6. The molecule has 0 fully saturated rings. The van der Waals surface area contributed by atoms with Gasteiger partial charge in [-0.05, 0) is 24.9 Å². The summed E-state index contributed by atoms with van der Waals surface area (Å²) in [6, 6.07) is 0. The number of thiazole rings is 1. The van der Waals surface area contributed by atoms with Gasteiger partial charge in [0.2, 0.25) is 0 Å². The molecule has 116 valence electrons. The molecule has 0 bridgehead atoms. The first-order valence-corrected chi connectivity index (χ1v) is 9.75. The largest absolute Gasteiger partial charge is 0.382 e. The van der Waals surface area contributed by atoms with E-state index in [0.717, 1.165) is 22.2 Å². The third kappa shape index (κ3) is 3.53. The first kappa shape index (κ1) is 16.2. The Labute approximate surface area is 132 Å². The summed E-state index contributed by atoms with van der Waals surface area (Å²) >= 11 is 2.68. The van der Waals surface area contributed by atoms with E-state index in [1.165, 1.54) is 0 Å². The first-order valence-electron chi connectivity index (χ1n) is 6.45. The maximum Gasteiger partial charge on any atom is 0.185 e. The van der Waals surface area contributed by atoms with E-state index in [2.05, 4.69) is 9.36 Å². The standard InChI is InChI=1S/C12H18N4O2S3/c1-4-5-21(17,18)10-11(13)15-20-12(10)16(3)6-9-7-19-8(2)14-9/h7H,4-6H2,1-3H3,(H2,13,15). The molecule has 0 aliphatic carbocycles. The Kier molecular flexibility index (Phi) is 4.84. The van der Waals surface area contributed by atoms with Crippen LogP contribution in [0.3, 0.4) is 0 Å². The van der Waals surface area contributed by atoms with Crippen LogP contribution in [0.4, 0.5) is 10.8 Å². The average Bonchev–Trinajstić information content (AvgIpc) is 2.96. The van der Waals surface area contributed by atoms with Crippen LogP contribution in [0.25, 0.3) is 0 Å². The predicted octanol–water partition coefficient (Wildman–Crippen LogP) is 2.31. The van der Waals surface area contributed by atoms with Crippen molar-refractivity contribution in [2.45, 2.75) is 31.7 Å². The summed E-state index contributed by atoms with van der Waals surface area (Å²) in [6.07, 6.45) is 0.548. The Balaban J connectivity index is 2.32. The van der Waals surface area contributed by atoms with Crippen molar-refractivity contribution in [1.82, 2.24) is 9.36 Å². The fraction of sp³-hybridized carbons (Fsp3) is 0.500. The third-order valence-corrected chi connectivity index (χ3v) is 6.75. The lowest BCUT2D eigenvalue weighted by Gasteiger charge is -2.17. The van der Waals surface area contributed by atoms with Crippen LogP contribution < -0.4 is 10.6 Å². The quantitative estimate of drug-likeness (QED) is 0.863. The van der Waals surface area contributed by atoms with Gasteiger partial charge in [-0.3, -0.25) is 0 Å². The van der Waals surface area contributed by atoms with E-state index in [9.17, 15) is 8.42 Å². The normalized spacial score (nSPS) is 11.8. The molecule has 2 N–H and O–H groups in total. The van der Waals surface area contributed by atoms with E-state index in [4.69, 9.17) is 5.73 Å². The molecule has 6 nitrogen and oxygen atoms in total. The summed E-state index contributed by atoms with van der Waals surface area (Å²) in [6.45, 7) is 4.30. The predicted molar refractivity (Wildman–Crippen MR) is 87.8 cm³/mol. The maximum absolute atomic E-state index is 12.3. The number of nitrogens with zero attached hydrogens (tertiary/aromatic N) is 3. The number of hydrogen-bond acceptors (Lipinski definition) is 8. The molecule has 0 saturated heterocycles. The van der Waals surface area contributed by atoms with Crippen molar-refractivity contribution in [3.8, 4) is 0 Å². The lowest BCUT2D eigenvalue weighted by atomic mass is 10.4. The average molecular weight is 347 g/mol. The molecule has 0 atom stereocenters. The van der Waals surface area contributed by atoms with Crippen LogP contribution in [-0.2, 0) is 16.4 Å². The molecule has 0 amide bonds. The zero-order valence-corrected chi connectivity index (χ0v) is 14.6. The van der Waals surface area contributed by atoms with Crippen LogP contribution in [0.2, 0.25) is 0 Å². The lowest BCUT2D eigenvalue weighted by Crippen LogP contribution is -2.19. The Morgan fingerprint density at radius 1 is 1.43 bits per heavy atom. The highest BCUT2D eigenvalue weighted by atomic mass is 32.2. The zero-order valence-electron chi connectivity index (χ0n) is 12.2. The molecule has 9 heteroatoms. The molecule has 0 spiro atoms. The smallest absolute Gasteiger partial charge is 0.185 e. The van der Waals surface area contributed by atoms with Crippen LogP contribution in [0.1, 0.15) is 24.0 Å². The summed E-state index contributed by atoms with van der Waals surface area (Å²) in [5.74, 6) is 0.163. The van der Waals surface area contributed by atoms with Crippen molar-refractivity contribution in [3.63, 3.8) is 0 Å². The molecule has 0 unspecified atom stereocenters. The van der Waals surface area contributed by atoms with Crippen molar-refractivity contribution in [2.75, 3.05) is 23.4 Å². The number of anilines is 2. The van der Waals surface area contributed by atoms with E-state index in [0.29, 0.717) is 18.0 Å². The fourth-order valence-corrected chi connectivity index (χ4v) is 5.34. The second kappa shape index (κ2) is 6.29. The second-order valence-electron chi connectivity index (χ2n) is 4.73. The van der Waals surface area contributed by atoms with Gasteiger partial charge in [0.05, 0.1) is 23.0 Å². The summed E-state index contributed by atoms with van der Waals surface area (Å²) in [7, 11) is -1.57. The van der Waals surface area contributed by atoms with Crippen molar-refractivity contribution in [2.24, 2.45) is 0 Å². The Morgan fingerprint density at radius 3 is 2.71 bits per heavy atom. The highest BCUT2D eigenvalue weighted by Crippen LogP contribution is 2.35. The van der Waals surface area contributed by atoms with Crippen molar-refractivity contribution < 1.29 is 8.42 Å². The minimum atomic E-state index is -3.40. The third-order valence-electron chi connectivity index (χ3n) is 2.85. The lowest BCUT2D eigenvalue weighted by molar-refractivity contribution is 0.595. The van der Waals surface area contributed by atoms with E-state index < -0.39 is 9.84 Å². The van der Waals surface area contributed by atoms with Crippen molar-refractivity contribution in [3.05, 3.63) is 16.1 Å². The van der Waals surface area contributed by atoms with E-state index in [1.54, 1.807) is 11.3 Å². The SMILES string of the molecule is CCCS(=O)(=O)c1c(N)nsc1N(C)Cc1csc(C)n1. The summed E-state index contributed by atoms with van der Waals surface area (Å²) in [5, 5.41) is 3.53. The molecule has 0 aromatic carbocycles. The van der Waals surface area contributed by atoms with Crippen LogP contribution in [0, 0.1) is 6.92 Å². The highest BCUT2D eigenvalue weighted by Gasteiger charge is 2.27. The number of sulfone groups is 1. The second-order valence-corrected chi connectivity index (χ2v) is 8.59. The van der Waals surface area contributed by atoms with Gasteiger partial charge < -0.3 is 10.6 Å². The number of rotatable bonds is 6. The van der Waals surface area contributed by atoms with Crippen LogP contribution in [-0.4, -0.2) is 30.6 Å². The number of aryl methyl sites for hydroxylation is 1. The fourth-order valence-electron chi connectivity index (χ4n) is 1.99. The molecule has 0 aliphatic heterocycles. The monoisotopic (exact) mass is 346 g/mol. The van der Waals surface area contributed by atoms with E-state index >= 15 is 0 Å². The van der Waals surface area contributed by atoms with Crippen molar-refractivity contribution in [1.29, 1.82) is 0 Å². The number of hydrogen-bond donors (Lipinski definition) is 1. The van der Waals surface area contributed by atoms with Gasteiger partial charge >= 0.3 is 0 Å². The minimum absolute atomic E-state index is 0.0757. The van der Waals surface area contributed by atoms with Gasteiger partial charge in [-0.25, -0.2) is 13.4 Å². The first-order chi connectivity index (χ1) is 9.85. The van der Waals surface area contributed by atoms with Crippen LogP contribution in [0.15, 0.2) is 10.3 Å². The molecule has 21 heavy (non-hydrogen) atoms. The maximum atomic E-state index is 12.3. The number of nitrogens with two attached hydrogens (primary N) is 1. The van der Waals surface area contributed by atoms with Gasteiger partial charge in [0, 0.05) is 12.4 Å². The molecule has 2 rings (SSSR count). The van der Waals surface area contributed by atoms with Gasteiger partial charge in [0.15, 0.2) is 15.7 Å². The van der Waals surface area contributed by atoms with E-state index in [1.807, 2.05) is 31.2 Å². The van der Waals surface area contributed by atoms with Gasteiger partial charge in [-0.15, -0.1) is 11.3 Å². The molecular formula is C12H18N4O2S3. The van der Waals surface area contributed by atoms with Crippen LogP contribution in [0.5, 0.6) is 0 Å². The summed E-state index contributed by atoms with van der Waals surface area (Å²) in [5.41, 5.74) is 6.68. The topological polar surface area (TPSA) is 89.2 Å². The highest BCUT2D eigenvalue weighted by molar-refractivity contribution is 7.91. The Hall–Kier alpha value is -1.19. The summed E-state index contributed by atoms with van der Waals surface area (Å²) in [4.78, 5) is 6.39. The van der Waals surface area contributed by atoms with Gasteiger partial charge in [0.1, 0.15) is 9.90 Å².